The third-order valence-corrected chi connectivity index (χ3v) is 5.77. The van der Waals surface area contributed by atoms with Gasteiger partial charge >= 0.3 is 13.7 Å². The average molecular weight is 363 g/mol. The first-order valence-corrected chi connectivity index (χ1v) is 9.07. The van der Waals surface area contributed by atoms with Crippen LogP contribution in [0.4, 0.5) is 10.5 Å². The predicted octanol–water partition coefficient (Wildman–Crippen LogP) is 4.00. The Hall–Kier alpha value is -2.34. The van der Waals surface area contributed by atoms with Gasteiger partial charge in [-0.25, -0.2) is 23.8 Å². The van der Waals surface area contributed by atoms with E-state index in [0.717, 1.165) is 0 Å². The van der Waals surface area contributed by atoms with Crippen molar-refractivity contribution in [3.63, 3.8) is 0 Å². The molecule has 0 spiro atoms. The van der Waals surface area contributed by atoms with E-state index in [0.29, 0.717) is 27.6 Å². The minimum absolute atomic E-state index is 0.0766. The summed E-state index contributed by atoms with van der Waals surface area (Å²) in [6.07, 6.45) is 0. The zero-order chi connectivity index (χ0) is 16.7. The van der Waals surface area contributed by atoms with Gasteiger partial charge in [0.1, 0.15) is 12.4 Å². The summed E-state index contributed by atoms with van der Waals surface area (Å²) in [4.78, 5) is 16.6. The molecule has 2 aromatic carbocycles. The first kappa shape index (κ1) is 15.2. The lowest BCUT2D eigenvalue weighted by atomic mass is 10.3. The van der Waals surface area contributed by atoms with Crippen molar-refractivity contribution >= 4 is 42.0 Å². The van der Waals surface area contributed by atoms with Crippen molar-refractivity contribution in [2.24, 2.45) is 0 Å². The number of para-hydroxylation sites is 2. The Morgan fingerprint density at radius 3 is 2.75 bits per heavy atom. The Morgan fingerprint density at radius 2 is 1.96 bits per heavy atom. The smallest absolute Gasteiger partial charge is 0.308 e. The van der Waals surface area contributed by atoms with Gasteiger partial charge < -0.3 is 5.32 Å². The number of imidazole rings is 1. The van der Waals surface area contributed by atoms with Crippen molar-refractivity contribution < 1.29 is 13.9 Å². The molecule has 3 aromatic rings. The van der Waals surface area contributed by atoms with E-state index < -0.39 is 13.7 Å². The predicted molar refractivity (Wildman–Crippen MR) is 91.1 cm³/mol. The number of fused-ring (bicyclic) bond motifs is 3. The maximum absolute atomic E-state index is 13.1. The van der Waals surface area contributed by atoms with Crippen LogP contribution < -0.4 is 10.4 Å². The highest BCUT2D eigenvalue weighted by molar-refractivity contribution is 7.56. The molecule has 7 nitrogen and oxygen atoms in total. The number of nitrogens with one attached hydrogen (secondary N) is 2. The van der Waals surface area contributed by atoms with E-state index in [4.69, 9.17) is 16.1 Å². The van der Waals surface area contributed by atoms with Gasteiger partial charge in [-0.2, -0.15) is 0 Å². The van der Waals surface area contributed by atoms with E-state index in [1.807, 2.05) is 18.2 Å². The summed E-state index contributed by atoms with van der Waals surface area (Å²) in [7, 11) is -3.59. The van der Waals surface area contributed by atoms with Crippen LogP contribution in [-0.2, 0) is 15.7 Å². The summed E-state index contributed by atoms with van der Waals surface area (Å²) >= 11 is 5.80. The molecule has 4 rings (SSSR count). The number of nitrogens with zero attached hydrogens (tertiary/aromatic N) is 2. The molecule has 1 aliphatic rings. The molecule has 9 heteroatoms. The summed E-state index contributed by atoms with van der Waals surface area (Å²) in [6.45, 7) is 0.0766. The van der Waals surface area contributed by atoms with Gasteiger partial charge in [0.2, 0.25) is 0 Å². The summed E-state index contributed by atoms with van der Waals surface area (Å²) in [6, 6.07) is 13.2. The number of aromatic nitrogens is 2. The van der Waals surface area contributed by atoms with Crippen molar-refractivity contribution in [1.29, 1.82) is 0 Å². The fraction of sp³-hybridized carbons (Fsp3) is 0.0667. The van der Waals surface area contributed by atoms with Gasteiger partial charge in [-0.3, -0.25) is 4.52 Å². The topological polar surface area (TPSA) is 85.2 Å². The number of halogens is 1. The number of urea groups is 1. The minimum atomic E-state index is -3.59. The quantitative estimate of drug-likeness (QED) is 0.675. The summed E-state index contributed by atoms with van der Waals surface area (Å²) in [5.74, 6) is 0.520. The van der Waals surface area contributed by atoms with Crippen LogP contribution in [0.3, 0.4) is 0 Å². The molecule has 0 bridgehead atoms. The van der Waals surface area contributed by atoms with Crippen molar-refractivity contribution in [2.75, 3.05) is 5.32 Å². The summed E-state index contributed by atoms with van der Waals surface area (Å²) < 4.78 is 19.9. The molecule has 1 atom stereocenters. The molecule has 0 aliphatic carbocycles. The van der Waals surface area contributed by atoms with Crippen LogP contribution in [0.5, 0.6) is 0 Å². The van der Waals surface area contributed by atoms with E-state index in [1.54, 1.807) is 30.3 Å². The van der Waals surface area contributed by atoms with Gasteiger partial charge in [0, 0.05) is 10.7 Å². The second kappa shape index (κ2) is 5.63. The van der Waals surface area contributed by atoms with Gasteiger partial charge in [-0.1, -0.05) is 23.7 Å². The van der Waals surface area contributed by atoms with E-state index in [1.165, 1.54) is 4.34 Å². The molecule has 0 saturated carbocycles. The lowest BCUT2D eigenvalue weighted by molar-refractivity contribution is 0.253. The first-order valence-electron chi connectivity index (χ1n) is 7.12. The van der Waals surface area contributed by atoms with Crippen LogP contribution in [0.1, 0.15) is 5.82 Å². The molecule has 0 saturated heterocycles. The molecule has 1 aliphatic heterocycles. The Balaban J connectivity index is 1.60. The van der Waals surface area contributed by atoms with Crippen LogP contribution in [0.15, 0.2) is 48.5 Å². The van der Waals surface area contributed by atoms with E-state index in [2.05, 4.69) is 15.4 Å². The third-order valence-electron chi connectivity index (χ3n) is 3.58. The average Bonchev–Trinajstić information content (AvgIpc) is 3.08. The lowest BCUT2D eigenvalue weighted by Gasteiger charge is -2.15. The number of anilines is 1. The second-order valence-electron chi connectivity index (χ2n) is 5.20. The zero-order valence-corrected chi connectivity index (χ0v) is 13.9. The summed E-state index contributed by atoms with van der Waals surface area (Å²) in [5, 5.41) is 5.58. The Kier molecular flexibility index (Phi) is 3.57. The fourth-order valence-corrected chi connectivity index (χ4v) is 4.42. The Bertz CT molecular complexity index is 986. The van der Waals surface area contributed by atoms with Gasteiger partial charge in [-0.05, 0) is 36.4 Å². The van der Waals surface area contributed by atoms with Gasteiger partial charge in [0.05, 0.1) is 11.0 Å². The number of carbonyl (C=O) groups excluding carboxylic acids is 1. The van der Waals surface area contributed by atoms with Crippen LogP contribution >= 0.6 is 19.3 Å². The van der Waals surface area contributed by atoms with Crippen molar-refractivity contribution in [2.45, 2.75) is 6.61 Å². The molecule has 0 fully saturated rings. The van der Waals surface area contributed by atoms with E-state index in [-0.39, 0.29) is 6.61 Å². The fourth-order valence-electron chi connectivity index (χ4n) is 2.56. The van der Waals surface area contributed by atoms with Crippen molar-refractivity contribution in [3.05, 3.63) is 59.4 Å². The highest BCUT2D eigenvalue weighted by atomic mass is 35.5. The van der Waals surface area contributed by atoms with Crippen LogP contribution in [0, 0.1) is 0 Å². The third kappa shape index (κ3) is 2.57. The lowest BCUT2D eigenvalue weighted by Crippen LogP contribution is -2.27. The number of rotatable bonds is 2. The Morgan fingerprint density at radius 1 is 1.21 bits per heavy atom. The van der Waals surface area contributed by atoms with Crippen LogP contribution in [0.25, 0.3) is 11.0 Å². The molecular weight excluding hydrogens is 351 g/mol. The maximum atomic E-state index is 13.1. The monoisotopic (exact) mass is 362 g/mol. The normalized spacial score (nSPS) is 19.2. The molecule has 1 aromatic heterocycles. The zero-order valence-electron chi connectivity index (χ0n) is 12.3. The largest absolute Gasteiger partial charge is 0.404 e. The molecular formula is C15H12ClN4O3P. The summed E-state index contributed by atoms with van der Waals surface area (Å²) in [5.41, 5.74) is 1.88. The Labute approximate surface area is 142 Å². The van der Waals surface area contributed by atoms with Crippen LogP contribution in [0.2, 0.25) is 5.02 Å². The minimum Gasteiger partial charge on any atom is -0.308 e. The van der Waals surface area contributed by atoms with Crippen LogP contribution in [-0.4, -0.2) is 15.4 Å². The highest BCUT2D eigenvalue weighted by Gasteiger charge is 2.38. The van der Waals surface area contributed by atoms with Gasteiger partial charge in [0.25, 0.3) is 0 Å². The molecule has 2 amide bonds. The van der Waals surface area contributed by atoms with Crippen molar-refractivity contribution in [1.82, 2.24) is 14.4 Å². The molecule has 2 heterocycles. The van der Waals surface area contributed by atoms with E-state index >= 15 is 0 Å². The molecule has 2 N–H and O–H groups in total. The number of hydrogen-bond acceptors (Lipinski definition) is 4. The first-order chi connectivity index (χ1) is 11.5. The van der Waals surface area contributed by atoms with E-state index in [9.17, 15) is 9.36 Å². The van der Waals surface area contributed by atoms with Gasteiger partial charge in [-0.15, -0.1) is 0 Å². The molecule has 0 radical (unpaired) electrons. The number of benzene rings is 2. The maximum Gasteiger partial charge on any atom is 0.404 e. The standard InChI is InChI=1S/C15H12ClN4O3P/c16-10-5-7-11(8-6-10)17-15(21)19-24(22)20-13-4-2-1-3-12(13)18-14(20)9-23-24/h1-8H,9H2,(H2,17,19,21,22). The molecule has 1 unspecified atom stereocenters. The molecule has 24 heavy (non-hydrogen) atoms. The number of hydrogen-bond donors (Lipinski definition) is 2. The van der Waals surface area contributed by atoms with Crippen molar-refractivity contribution in [3.8, 4) is 0 Å². The highest BCUT2D eigenvalue weighted by Crippen LogP contribution is 2.52. The SMILES string of the molecule is O=C(Nc1ccc(Cl)cc1)NP1(=O)OCc2nc3ccccc3n21. The van der Waals surface area contributed by atoms with Gasteiger partial charge in [0.15, 0.2) is 0 Å². The number of carbonyl (C=O) groups is 1. The molecule has 122 valence electrons. The second-order valence-corrected chi connectivity index (χ2v) is 7.55. The number of amides is 2.